The number of rotatable bonds is 7. The fraction of sp³-hybridized carbons (Fsp3) is 0.217. The number of anilines is 1. The van der Waals surface area contributed by atoms with E-state index in [1.807, 2.05) is 0 Å². The van der Waals surface area contributed by atoms with Crippen LogP contribution in [0.2, 0.25) is 0 Å². The first-order valence-electron chi connectivity index (χ1n) is 10.4. The predicted octanol–water partition coefficient (Wildman–Crippen LogP) is 3.06. The lowest BCUT2D eigenvalue weighted by molar-refractivity contribution is -0.274. The highest BCUT2D eigenvalue weighted by molar-refractivity contribution is 6.45. The van der Waals surface area contributed by atoms with E-state index < -0.39 is 36.3 Å². The minimum atomic E-state index is -4.94. The summed E-state index contributed by atoms with van der Waals surface area (Å²) in [7, 11) is 3.05. The maximum Gasteiger partial charge on any atom is 0.573 e. The van der Waals surface area contributed by atoms with E-state index in [1.165, 1.54) is 19.2 Å². The molecular formula is C23H22F4N6O3. The third-order valence-electron chi connectivity index (χ3n) is 5.32. The Bertz CT molecular complexity index is 1350. The molecule has 0 fully saturated rings. The summed E-state index contributed by atoms with van der Waals surface area (Å²) in [6.07, 6.45) is -4.94. The summed E-state index contributed by atoms with van der Waals surface area (Å²) in [6.45, 7) is 1.22. The van der Waals surface area contributed by atoms with Crippen molar-refractivity contribution in [3.8, 4) is 17.1 Å². The Morgan fingerprint density at radius 3 is 2.50 bits per heavy atom. The van der Waals surface area contributed by atoms with E-state index in [2.05, 4.69) is 20.4 Å². The summed E-state index contributed by atoms with van der Waals surface area (Å²) in [5.74, 6) is -2.36. The Hall–Kier alpha value is -4.42. The number of nitrogen functional groups attached to an aromatic ring is 1. The lowest BCUT2D eigenvalue weighted by Crippen LogP contribution is -2.28. The second-order valence-corrected chi connectivity index (χ2v) is 7.67. The van der Waals surface area contributed by atoms with Crippen molar-refractivity contribution < 1.29 is 31.9 Å². The van der Waals surface area contributed by atoms with Gasteiger partial charge in [0.1, 0.15) is 28.8 Å². The second kappa shape index (κ2) is 10.1. The van der Waals surface area contributed by atoms with Crippen LogP contribution in [0.1, 0.15) is 27.3 Å². The van der Waals surface area contributed by atoms with Crippen molar-refractivity contribution in [1.82, 2.24) is 20.2 Å². The van der Waals surface area contributed by atoms with Gasteiger partial charge in [0.15, 0.2) is 0 Å². The minimum Gasteiger partial charge on any atom is -0.406 e. The van der Waals surface area contributed by atoms with E-state index >= 15 is 0 Å². The molecule has 1 heterocycles. The summed E-state index contributed by atoms with van der Waals surface area (Å²) in [6, 6.07) is 7.08. The van der Waals surface area contributed by atoms with Gasteiger partial charge in [-0.3, -0.25) is 15.0 Å². The van der Waals surface area contributed by atoms with Gasteiger partial charge in [0.05, 0.1) is 0 Å². The molecule has 0 saturated carbocycles. The molecule has 0 atom stereocenters. The molecule has 5 N–H and O–H groups in total. The van der Waals surface area contributed by atoms with Crippen molar-refractivity contribution in [2.45, 2.75) is 19.8 Å². The van der Waals surface area contributed by atoms with Gasteiger partial charge in [-0.25, -0.2) is 9.37 Å². The van der Waals surface area contributed by atoms with Crippen LogP contribution in [0.4, 0.5) is 23.2 Å². The number of nitrogens with one attached hydrogen (secondary N) is 3. The molecule has 2 amide bonds. The quantitative estimate of drug-likeness (QED) is 0.222. The summed E-state index contributed by atoms with van der Waals surface area (Å²) < 4.78 is 56.8. The van der Waals surface area contributed by atoms with Crippen LogP contribution < -0.4 is 21.1 Å². The highest BCUT2D eigenvalue weighted by atomic mass is 19.4. The Balaban J connectivity index is 1.82. The number of imidazole rings is 1. The fourth-order valence-corrected chi connectivity index (χ4v) is 3.37. The zero-order chi connectivity index (χ0) is 26.8. The number of ether oxygens (including phenoxy) is 1. The van der Waals surface area contributed by atoms with Crippen LogP contribution in [0.25, 0.3) is 11.4 Å². The van der Waals surface area contributed by atoms with Crippen molar-refractivity contribution in [3.05, 3.63) is 64.7 Å². The van der Waals surface area contributed by atoms with Gasteiger partial charge in [-0.1, -0.05) is 6.07 Å². The SMILES string of the molecule is CNC(=O)C(=N)c1ccc(-c2nc(C(=O)NCc3cc(OC(F)(F)F)ccc3F)c(C)n2C)cc1N. The summed E-state index contributed by atoms with van der Waals surface area (Å²) in [5, 5.41) is 12.7. The Morgan fingerprint density at radius 1 is 1.19 bits per heavy atom. The van der Waals surface area contributed by atoms with Crippen LogP contribution in [0.3, 0.4) is 0 Å². The smallest absolute Gasteiger partial charge is 0.406 e. The highest BCUT2D eigenvalue weighted by Crippen LogP contribution is 2.27. The van der Waals surface area contributed by atoms with E-state index in [1.54, 1.807) is 24.6 Å². The van der Waals surface area contributed by atoms with Crippen LogP contribution in [0.5, 0.6) is 5.75 Å². The Morgan fingerprint density at radius 2 is 1.89 bits per heavy atom. The molecule has 3 aromatic rings. The molecule has 0 spiro atoms. The molecule has 3 rings (SSSR count). The molecule has 0 aliphatic carbocycles. The van der Waals surface area contributed by atoms with E-state index in [4.69, 9.17) is 11.1 Å². The molecule has 0 aliphatic rings. The predicted molar refractivity (Wildman–Crippen MR) is 123 cm³/mol. The molecule has 0 unspecified atom stereocenters. The van der Waals surface area contributed by atoms with Crippen LogP contribution >= 0.6 is 0 Å². The number of hydrogen-bond acceptors (Lipinski definition) is 6. The minimum absolute atomic E-state index is 0.0105. The number of halogens is 4. The van der Waals surface area contributed by atoms with E-state index in [0.717, 1.165) is 18.2 Å². The number of benzene rings is 2. The normalized spacial score (nSPS) is 11.2. The van der Waals surface area contributed by atoms with Crippen molar-refractivity contribution in [1.29, 1.82) is 5.41 Å². The first kappa shape index (κ1) is 26.2. The molecule has 13 heteroatoms. The molecule has 0 saturated heterocycles. The van der Waals surface area contributed by atoms with Crippen molar-refractivity contribution in [2.24, 2.45) is 7.05 Å². The first-order chi connectivity index (χ1) is 16.8. The number of nitrogens with two attached hydrogens (primary N) is 1. The molecular weight excluding hydrogens is 484 g/mol. The third kappa shape index (κ3) is 5.62. The zero-order valence-corrected chi connectivity index (χ0v) is 19.4. The number of carbonyl (C=O) groups is 2. The van der Waals surface area contributed by atoms with Gasteiger partial charge in [0.25, 0.3) is 11.8 Å². The summed E-state index contributed by atoms with van der Waals surface area (Å²) >= 11 is 0. The van der Waals surface area contributed by atoms with Gasteiger partial charge in [-0.15, -0.1) is 13.2 Å². The van der Waals surface area contributed by atoms with Crippen molar-refractivity contribution in [2.75, 3.05) is 12.8 Å². The Labute approximate surface area is 202 Å². The third-order valence-corrected chi connectivity index (χ3v) is 5.32. The van der Waals surface area contributed by atoms with E-state index in [-0.39, 0.29) is 28.2 Å². The number of nitrogens with zero attached hydrogens (tertiary/aromatic N) is 2. The highest BCUT2D eigenvalue weighted by Gasteiger charge is 2.31. The van der Waals surface area contributed by atoms with Crippen LogP contribution in [-0.2, 0) is 18.4 Å². The van der Waals surface area contributed by atoms with Crippen LogP contribution in [0.15, 0.2) is 36.4 Å². The van der Waals surface area contributed by atoms with Crippen molar-refractivity contribution >= 4 is 23.2 Å². The molecule has 1 aromatic heterocycles. The van der Waals surface area contributed by atoms with Crippen molar-refractivity contribution in [3.63, 3.8) is 0 Å². The van der Waals surface area contributed by atoms with Crippen LogP contribution in [0, 0.1) is 18.2 Å². The number of carbonyl (C=O) groups excluding carboxylic acids is 2. The van der Waals surface area contributed by atoms with Gasteiger partial charge >= 0.3 is 6.36 Å². The Kier molecular flexibility index (Phi) is 7.32. The average molecular weight is 506 g/mol. The summed E-state index contributed by atoms with van der Waals surface area (Å²) in [4.78, 5) is 28.8. The second-order valence-electron chi connectivity index (χ2n) is 7.67. The molecule has 2 aromatic carbocycles. The van der Waals surface area contributed by atoms with Gasteiger partial charge in [-0.2, -0.15) is 0 Å². The van der Waals surface area contributed by atoms with E-state index in [9.17, 15) is 27.2 Å². The number of likely N-dealkylation sites (N-methyl/N-ethyl adjacent to an activating group) is 1. The van der Waals surface area contributed by atoms with Gasteiger partial charge in [0, 0.05) is 48.7 Å². The molecule has 0 aliphatic heterocycles. The number of amides is 2. The number of alkyl halides is 3. The largest absolute Gasteiger partial charge is 0.573 e. The monoisotopic (exact) mass is 506 g/mol. The fourth-order valence-electron chi connectivity index (χ4n) is 3.37. The molecule has 9 nitrogen and oxygen atoms in total. The first-order valence-corrected chi connectivity index (χ1v) is 10.4. The molecule has 190 valence electrons. The van der Waals surface area contributed by atoms with Gasteiger partial charge < -0.3 is 25.7 Å². The number of aromatic nitrogens is 2. The maximum absolute atomic E-state index is 14.1. The van der Waals surface area contributed by atoms with Gasteiger partial charge in [0.2, 0.25) is 0 Å². The topological polar surface area (TPSA) is 135 Å². The standard InChI is InChI=1S/C23H22F4N6O3/c1-11-19(22(35)31-10-13-8-14(5-7-16(13)24)36-23(25,26)27)32-20(33(11)3)12-4-6-15(17(28)9-12)18(29)21(34)30-2/h4-9,29H,10,28H2,1-3H3,(H,30,34)(H,31,35). The molecule has 0 bridgehead atoms. The lowest BCUT2D eigenvalue weighted by Gasteiger charge is -2.11. The van der Waals surface area contributed by atoms with Crippen LogP contribution in [-0.4, -0.2) is 40.5 Å². The maximum atomic E-state index is 14.1. The molecule has 36 heavy (non-hydrogen) atoms. The van der Waals surface area contributed by atoms with Gasteiger partial charge in [-0.05, 0) is 37.3 Å². The summed E-state index contributed by atoms with van der Waals surface area (Å²) in [5.41, 5.74) is 6.87. The lowest BCUT2D eigenvalue weighted by atomic mass is 10.0. The number of hydrogen-bond donors (Lipinski definition) is 4. The molecule has 0 radical (unpaired) electrons. The average Bonchev–Trinajstić information content (AvgIpc) is 3.11. The van der Waals surface area contributed by atoms with E-state index in [0.29, 0.717) is 17.1 Å². The zero-order valence-electron chi connectivity index (χ0n) is 19.4.